The lowest BCUT2D eigenvalue weighted by molar-refractivity contribution is -0.137. The van der Waals surface area contributed by atoms with Crippen LogP contribution in [0.1, 0.15) is 69.9 Å². The third kappa shape index (κ3) is 3.38. The summed E-state index contributed by atoms with van der Waals surface area (Å²) in [7, 11) is 0. The first-order valence-electron chi connectivity index (χ1n) is 12.0. The van der Waals surface area contributed by atoms with Crippen LogP contribution in [0.5, 0.6) is 0 Å². The van der Waals surface area contributed by atoms with Gasteiger partial charge in [0.1, 0.15) is 0 Å². The number of fused-ring (bicyclic) bond motifs is 5. The standard InChI is InChI=1S/C27H33F3O2/c1-25-11-9-20(31)15-19(25)7-8-21-22(25)10-12-26(2)23(21)14-17(24(26)32)13-16-3-5-18(6-4-16)27(28,29)30/h3-7,13,20-24,31-32H,8-12,14-15H2,1-2H3/b17-13+/t20-,21+,22-,23-,24+,25-,26-/m0/s1. The van der Waals surface area contributed by atoms with Gasteiger partial charge in [0, 0.05) is 5.41 Å². The van der Waals surface area contributed by atoms with E-state index in [-0.39, 0.29) is 16.9 Å². The van der Waals surface area contributed by atoms with Crippen molar-refractivity contribution in [1.82, 2.24) is 0 Å². The molecule has 4 aliphatic carbocycles. The van der Waals surface area contributed by atoms with Gasteiger partial charge in [-0.1, -0.05) is 43.7 Å². The quantitative estimate of drug-likeness (QED) is 0.491. The average molecular weight is 447 g/mol. The van der Waals surface area contributed by atoms with E-state index in [4.69, 9.17) is 0 Å². The zero-order valence-corrected chi connectivity index (χ0v) is 18.8. The van der Waals surface area contributed by atoms with Crippen molar-refractivity contribution in [2.75, 3.05) is 0 Å². The van der Waals surface area contributed by atoms with Crippen LogP contribution in [0.4, 0.5) is 13.2 Å². The van der Waals surface area contributed by atoms with E-state index < -0.39 is 17.8 Å². The van der Waals surface area contributed by atoms with E-state index in [1.807, 2.05) is 6.08 Å². The van der Waals surface area contributed by atoms with Crippen LogP contribution < -0.4 is 0 Å². The second kappa shape index (κ2) is 7.46. The normalized spacial score (nSPS) is 42.8. The minimum absolute atomic E-state index is 0.147. The summed E-state index contributed by atoms with van der Waals surface area (Å²) in [5.41, 5.74) is 2.41. The predicted octanol–water partition coefficient (Wildman–Crippen LogP) is 6.38. The van der Waals surface area contributed by atoms with Crippen LogP contribution in [0.15, 0.2) is 41.5 Å². The van der Waals surface area contributed by atoms with Crippen LogP contribution in [0.25, 0.3) is 6.08 Å². The van der Waals surface area contributed by atoms with Crippen molar-refractivity contribution in [2.24, 2.45) is 28.6 Å². The molecule has 2 N–H and O–H groups in total. The highest BCUT2D eigenvalue weighted by Crippen LogP contribution is 2.65. The summed E-state index contributed by atoms with van der Waals surface area (Å²) in [6, 6.07) is 5.23. The Balaban J connectivity index is 1.42. The number of allylic oxidation sites excluding steroid dienone is 1. The van der Waals surface area contributed by atoms with Crippen molar-refractivity contribution in [3.63, 3.8) is 0 Å². The van der Waals surface area contributed by atoms with E-state index in [1.165, 1.54) is 17.7 Å². The molecule has 1 aromatic carbocycles. The predicted molar refractivity (Wildman–Crippen MR) is 119 cm³/mol. The van der Waals surface area contributed by atoms with E-state index in [0.717, 1.165) is 62.7 Å². The van der Waals surface area contributed by atoms with Gasteiger partial charge in [0.15, 0.2) is 0 Å². The van der Waals surface area contributed by atoms with Gasteiger partial charge in [0.2, 0.25) is 0 Å². The first-order chi connectivity index (χ1) is 15.0. The number of rotatable bonds is 1. The molecule has 0 saturated heterocycles. The molecule has 2 nitrogen and oxygen atoms in total. The molecule has 0 radical (unpaired) electrons. The van der Waals surface area contributed by atoms with Gasteiger partial charge < -0.3 is 10.2 Å². The number of alkyl halides is 3. The van der Waals surface area contributed by atoms with Crippen molar-refractivity contribution in [2.45, 2.75) is 77.2 Å². The van der Waals surface area contributed by atoms with Crippen molar-refractivity contribution in [1.29, 1.82) is 0 Å². The molecule has 4 aliphatic rings. The van der Waals surface area contributed by atoms with Gasteiger partial charge in [0.25, 0.3) is 0 Å². The van der Waals surface area contributed by atoms with Crippen molar-refractivity contribution in [3.05, 3.63) is 52.6 Å². The van der Waals surface area contributed by atoms with Crippen LogP contribution in [0.3, 0.4) is 0 Å². The first-order valence-corrected chi connectivity index (χ1v) is 12.0. The summed E-state index contributed by atoms with van der Waals surface area (Å²) < 4.78 is 38.7. The summed E-state index contributed by atoms with van der Waals surface area (Å²) in [6.07, 6.45) is 5.73. The maximum atomic E-state index is 12.9. The van der Waals surface area contributed by atoms with Crippen LogP contribution in [0.2, 0.25) is 0 Å². The molecule has 3 fully saturated rings. The molecule has 0 aromatic heterocycles. The molecular formula is C27H33F3O2. The van der Waals surface area contributed by atoms with Gasteiger partial charge in [-0.05, 0) is 91.4 Å². The molecule has 0 bridgehead atoms. The Hall–Kier alpha value is -1.59. The van der Waals surface area contributed by atoms with E-state index in [2.05, 4.69) is 19.9 Å². The molecule has 0 aliphatic heterocycles. The minimum atomic E-state index is -4.34. The van der Waals surface area contributed by atoms with Crippen LogP contribution in [-0.4, -0.2) is 22.4 Å². The molecule has 0 heterocycles. The Kier molecular flexibility index (Phi) is 5.18. The van der Waals surface area contributed by atoms with Crippen LogP contribution in [-0.2, 0) is 6.18 Å². The van der Waals surface area contributed by atoms with E-state index >= 15 is 0 Å². The molecule has 5 heteroatoms. The Morgan fingerprint density at radius 1 is 0.969 bits per heavy atom. The average Bonchev–Trinajstić information content (AvgIpc) is 2.99. The molecule has 174 valence electrons. The minimum Gasteiger partial charge on any atom is -0.393 e. The summed E-state index contributed by atoms with van der Waals surface area (Å²) in [6.45, 7) is 4.59. The molecule has 0 unspecified atom stereocenters. The fraction of sp³-hybridized carbons (Fsp3) is 0.630. The Morgan fingerprint density at radius 2 is 1.69 bits per heavy atom. The number of hydrogen-bond acceptors (Lipinski definition) is 2. The van der Waals surface area contributed by atoms with E-state index in [0.29, 0.717) is 23.3 Å². The maximum absolute atomic E-state index is 12.9. The Bertz CT molecular complexity index is 947. The number of benzene rings is 1. The highest BCUT2D eigenvalue weighted by atomic mass is 19.4. The number of halogens is 3. The van der Waals surface area contributed by atoms with Gasteiger partial charge >= 0.3 is 6.18 Å². The van der Waals surface area contributed by atoms with Crippen molar-refractivity contribution >= 4 is 6.08 Å². The molecule has 3 saturated carbocycles. The molecule has 7 atom stereocenters. The van der Waals surface area contributed by atoms with E-state index in [1.54, 1.807) is 0 Å². The first kappa shape index (κ1) is 22.2. The van der Waals surface area contributed by atoms with Gasteiger partial charge in [-0.2, -0.15) is 13.2 Å². The monoisotopic (exact) mass is 446 g/mol. The van der Waals surface area contributed by atoms with Gasteiger partial charge in [-0.15, -0.1) is 0 Å². The lowest BCUT2D eigenvalue weighted by atomic mass is 9.48. The SMILES string of the molecule is C[C@]12CC[C@H]3[C@@H](CC=C4C[C@@H](O)CC[C@@]43C)[C@@H]1C/C(=C\c1ccc(C(F)(F)F)cc1)[C@H]2O. The van der Waals surface area contributed by atoms with Crippen molar-refractivity contribution < 1.29 is 23.4 Å². The van der Waals surface area contributed by atoms with Crippen LogP contribution in [0, 0.1) is 28.6 Å². The Morgan fingerprint density at radius 3 is 2.38 bits per heavy atom. The smallest absolute Gasteiger partial charge is 0.393 e. The third-order valence-electron chi connectivity index (χ3n) is 9.54. The topological polar surface area (TPSA) is 40.5 Å². The molecule has 0 amide bonds. The zero-order valence-electron chi connectivity index (χ0n) is 18.8. The molecule has 0 spiro atoms. The Labute approximate surface area is 188 Å². The molecule has 5 rings (SSSR count). The molecular weight excluding hydrogens is 413 g/mol. The zero-order chi connectivity index (χ0) is 22.9. The summed E-state index contributed by atoms with van der Waals surface area (Å²) in [5, 5.41) is 21.5. The van der Waals surface area contributed by atoms with Gasteiger partial charge in [-0.3, -0.25) is 0 Å². The third-order valence-corrected chi connectivity index (χ3v) is 9.54. The van der Waals surface area contributed by atoms with Gasteiger partial charge in [-0.25, -0.2) is 0 Å². The van der Waals surface area contributed by atoms with E-state index in [9.17, 15) is 23.4 Å². The van der Waals surface area contributed by atoms with Crippen LogP contribution >= 0.6 is 0 Å². The molecule has 32 heavy (non-hydrogen) atoms. The largest absolute Gasteiger partial charge is 0.416 e. The molecule has 1 aromatic rings. The second-order valence-corrected chi connectivity index (χ2v) is 11.1. The number of aliphatic hydroxyl groups excluding tert-OH is 2. The number of aliphatic hydroxyl groups is 2. The summed E-state index contributed by atoms with van der Waals surface area (Å²) in [4.78, 5) is 0. The summed E-state index contributed by atoms with van der Waals surface area (Å²) >= 11 is 0. The fourth-order valence-corrected chi connectivity index (χ4v) is 7.62. The second-order valence-electron chi connectivity index (χ2n) is 11.1. The highest BCUT2D eigenvalue weighted by Gasteiger charge is 2.59. The van der Waals surface area contributed by atoms with Crippen molar-refractivity contribution in [3.8, 4) is 0 Å². The van der Waals surface area contributed by atoms with Gasteiger partial charge in [0.05, 0.1) is 17.8 Å². The number of hydrogen-bond donors (Lipinski definition) is 2. The lowest BCUT2D eigenvalue weighted by Gasteiger charge is -2.57. The highest BCUT2D eigenvalue weighted by molar-refractivity contribution is 5.56. The lowest BCUT2D eigenvalue weighted by Crippen LogP contribution is -2.51. The summed E-state index contributed by atoms with van der Waals surface area (Å²) in [5.74, 6) is 1.45. The fourth-order valence-electron chi connectivity index (χ4n) is 7.62. The maximum Gasteiger partial charge on any atom is 0.416 e.